The molecule has 2 rings (SSSR count). The molecule has 0 spiro atoms. The van der Waals surface area contributed by atoms with Crippen LogP contribution >= 0.6 is 11.6 Å². The first-order valence-corrected chi connectivity index (χ1v) is 9.16. The Morgan fingerprint density at radius 1 is 1.14 bits per heavy atom. The second-order valence-electron chi connectivity index (χ2n) is 7.13. The highest BCUT2D eigenvalue weighted by atomic mass is 35.5. The molecule has 1 N–H and O–H groups in total. The number of hydrogen-bond acceptors (Lipinski definition) is 5. The minimum absolute atomic E-state index is 0.146. The predicted molar refractivity (Wildman–Crippen MR) is 110 cm³/mol. The fourth-order valence-electron chi connectivity index (χ4n) is 2.27. The van der Waals surface area contributed by atoms with E-state index in [0.717, 1.165) is 11.1 Å². The number of carbonyl (C=O) groups excluding carboxylic acids is 1. The lowest BCUT2D eigenvalue weighted by Crippen LogP contribution is -2.42. The summed E-state index contributed by atoms with van der Waals surface area (Å²) in [6, 6.07) is 12.8. The molecule has 0 bridgehead atoms. The first-order valence-electron chi connectivity index (χ1n) is 8.78. The van der Waals surface area contributed by atoms with Gasteiger partial charge in [-0.2, -0.15) is 0 Å². The third-order valence-corrected chi connectivity index (χ3v) is 3.73. The summed E-state index contributed by atoms with van der Waals surface area (Å²) in [5.41, 5.74) is 1.45. The Morgan fingerprint density at radius 3 is 2.50 bits per heavy atom. The molecule has 150 valence electrons. The second kappa shape index (κ2) is 9.99. The zero-order valence-corrected chi connectivity index (χ0v) is 17.2. The smallest absolute Gasteiger partial charge is 0.261 e. The molecule has 0 aromatic heterocycles. The van der Waals surface area contributed by atoms with E-state index in [-0.39, 0.29) is 18.1 Å². The van der Waals surface area contributed by atoms with Crippen LogP contribution in [0.4, 0.5) is 0 Å². The molecule has 7 heteroatoms. The topological polar surface area (TPSA) is 69.2 Å². The molecular formula is C21H25ClN2O4. The molecule has 1 amide bonds. The van der Waals surface area contributed by atoms with Gasteiger partial charge in [0.1, 0.15) is 6.61 Å². The molecule has 0 aliphatic rings. The van der Waals surface area contributed by atoms with Gasteiger partial charge in [-0.1, -0.05) is 28.9 Å². The minimum Gasteiger partial charge on any atom is -0.493 e. The van der Waals surface area contributed by atoms with Crippen LogP contribution in [-0.4, -0.2) is 31.4 Å². The van der Waals surface area contributed by atoms with Crippen molar-refractivity contribution in [3.8, 4) is 11.5 Å². The van der Waals surface area contributed by atoms with E-state index in [2.05, 4.69) is 10.5 Å². The predicted octanol–water partition coefficient (Wildman–Crippen LogP) is 4.19. The molecule has 0 saturated carbocycles. The van der Waals surface area contributed by atoms with Crippen molar-refractivity contribution in [2.24, 2.45) is 5.16 Å². The summed E-state index contributed by atoms with van der Waals surface area (Å²) in [5, 5.41) is 7.30. The largest absolute Gasteiger partial charge is 0.493 e. The molecule has 2 aromatic carbocycles. The first kappa shape index (κ1) is 21.6. The molecule has 6 nitrogen and oxygen atoms in total. The zero-order chi connectivity index (χ0) is 20.6. The number of rotatable bonds is 8. The van der Waals surface area contributed by atoms with Crippen molar-refractivity contribution in [2.45, 2.75) is 32.9 Å². The van der Waals surface area contributed by atoms with E-state index < -0.39 is 0 Å². The lowest BCUT2D eigenvalue weighted by molar-refractivity contribution is -0.127. The van der Waals surface area contributed by atoms with Crippen LogP contribution in [0, 0.1) is 0 Å². The lowest BCUT2D eigenvalue weighted by Gasteiger charge is -2.19. The molecule has 28 heavy (non-hydrogen) atoms. The van der Waals surface area contributed by atoms with Gasteiger partial charge in [0, 0.05) is 16.1 Å². The van der Waals surface area contributed by atoms with Gasteiger partial charge in [0.2, 0.25) is 0 Å². The van der Waals surface area contributed by atoms with Gasteiger partial charge in [0.15, 0.2) is 18.1 Å². The Labute approximate surface area is 170 Å². The molecule has 0 aliphatic heterocycles. The average molecular weight is 405 g/mol. The fourth-order valence-corrected chi connectivity index (χ4v) is 2.40. The second-order valence-corrected chi connectivity index (χ2v) is 7.57. The molecule has 0 fully saturated rings. The molecule has 0 atom stereocenters. The van der Waals surface area contributed by atoms with Crippen LogP contribution in [0.25, 0.3) is 0 Å². The number of methoxy groups -OCH3 is 1. The molecular weight excluding hydrogens is 380 g/mol. The Hall–Kier alpha value is -2.73. The Morgan fingerprint density at radius 2 is 1.86 bits per heavy atom. The van der Waals surface area contributed by atoms with Gasteiger partial charge in [-0.25, -0.2) is 0 Å². The van der Waals surface area contributed by atoms with Crippen LogP contribution in [0.3, 0.4) is 0 Å². The summed E-state index contributed by atoms with van der Waals surface area (Å²) >= 11 is 5.89. The highest BCUT2D eigenvalue weighted by molar-refractivity contribution is 6.30. The van der Waals surface area contributed by atoms with Crippen LogP contribution in [0.1, 0.15) is 31.9 Å². The van der Waals surface area contributed by atoms with Crippen molar-refractivity contribution >= 4 is 23.7 Å². The van der Waals surface area contributed by atoms with Crippen molar-refractivity contribution in [2.75, 3.05) is 13.7 Å². The highest BCUT2D eigenvalue weighted by Crippen LogP contribution is 2.28. The maximum atomic E-state index is 11.7. The number of ether oxygens (including phenoxy) is 2. The van der Waals surface area contributed by atoms with Gasteiger partial charge in [0.05, 0.1) is 13.3 Å². The van der Waals surface area contributed by atoms with E-state index in [1.165, 1.54) is 6.21 Å². The van der Waals surface area contributed by atoms with Crippen molar-refractivity contribution in [1.82, 2.24) is 5.32 Å². The number of hydrogen-bond donors (Lipinski definition) is 1. The van der Waals surface area contributed by atoms with Crippen LogP contribution in [0.2, 0.25) is 5.02 Å². The van der Waals surface area contributed by atoms with Crippen molar-refractivity contribution in [3.63, 3.8) is 0 Å². The Kier molecular flexibility index (Phi) is 7.70. The standard InChI is InChI=1S/C21H25ClN2O4/c1-21(2,3)24-20(25)14-28-23-12-16-7-10-18(19(11-16)26-4)27-13-15-5-8-17(22)9-6-15/h5-12H,13-14H2,1-4H3,(H,24,25)/b23-12-. The fraction of sp³-hybridized carbons (Fsp3) is 0.333. The van der Waals surface area contributed by atoms with Crippen molar-refractivity contribution < 1.29 is 19.1 Å². The zero-order valence-electron chi connectivity index (χ0n) is 16.5. The van der Waals surface area contributed by atoms with E-state index in [9.17, 15) is 4.79 Å². The number of benzene rings is 2. The number of nitrogens with zero attached hydrogens (tertiary/aromatic N) is 1. The number of carbonyl (C=O) groups is 1. The summed E-state index contributed by atoms with van der Waals surface area (Å²) in [6.07, 6.45) is 1.51. The van der Waals surface area contributed by atoms with Gasteiger partial charge in [-0.3, -0.25) is 4.79 Å². The lowest BCUT2D eigenvalue weighted by atomic mass is 10.1. The van der Waals surface area contributed by atoms with Gasteiger partial charge in [0.25, 0.3) is 5.91 Å². The molecule has 0 aliphatic carbocycles. The maximum Gasteiger partial charge on any atom is 0.261 e. The van der Waals surface area contributed by atoms with E-state index in [0.29, 0.717) is 23.1 Å². The van der Waals surface area contributed by atoms with Crippen LogP contribution in [0.5, 0.6) is 11.5 Å². The summed E-state index contributed by atoms with van der Waals surface area (Å²) in [4.78, 5) is 16.7. The van der Waals surface area contributed by atoms with Gasteiger partial charge in [-0.05, 0) is 56.7 Å². The molecule has 0 radical (unpaired) electrons. The molecule has 0 unspecified atom stereocenters. The SMILES string of the molecule is COc1cc(/C=N\OCC(=O)NC(C)(C)C)ccc1OCc1ccc(Cl)cc1. The van der Waals surface area contributed by atoms with Crippen LogP contribution < -0.4 is 14.8 Å². The third-order valence-electron chi connectivity index (χ3n) is 3.48. The highest BCUT2D eigenvalue weighted by Gasteiger charge is 2.13. The number of halogens is 1. The van der Waals surface area contributed by atoms with Crippen molar-refractivity contribution in [3.05, 3.63) is 58.6 Å². The third kappa shape index (κ3) is 7.48. The summed E-state index contributed by atoms with van der Waals surface area (Å²) in [5.74, 6) is 0.955. The summed E-state index contributed by atoms with van der Waals surface area (Å²) in [6.45, 7) is 5.95. The average Bonchev–Trinajstić information content (AvgIpc) is 2.63. The maximum absolute atomic E-state index is 11.7. The van der Waals surface area contributed by atoms with Gasteiger partial charge >= 0.3 is 0 Å². The van der Waals surface area contributed by atoms with Gasteiger partial charge < -0.3 is 19.6 Å². The number of amides is 1. The van der Waals surface area contributed by atoms with E-state index >= 15 is 0 Å². The Balaban J connectivity index is 1.91. The van der Waals surface area contributed by atoms with Crippen LogP contribution in [-0.2, 0) is 16.2 Å². The summed E-state index contributed by atoms with van der Waals surface area (Å²) < 4.78 is 11.2. The quantitative estimate of drug-likeness (QED) is 0.529. The van der Waals surface area contributed by atoms with Crippen molar-refractivity contribution in [1.29, 1.82) is 0 Å². The van der Waals surface area contributed by atoms with Gasteiger partial charge in [-0.15, -0.1) is 0 Å². The monoisotopic (exact) mass is 404 g/mol. The van der Waals surface area contributed by atoms with E-state index in [1.54, 1.807) is 19.2 Å². The number of nitrogens with one attached hydrogen (secondary N) is 1. The molecule has 2 aromatic rings. The van der Waals surface area contributed by atoms with E-state index in [1.807, 2.05) is 51.1 Å². The minimum atomic E-state index is -0.306. The van der Waals surface area contributed by atoms with E-state index in [4.69, 9.17) is 25.9 Å². The summed E-state index contributed by atoms with van der Waals surface area (Å²) in [7, 11) is 1.57. The van der Waals surface area contributed by atoms with Crippen LogP contribution in [0.15, 0.2) is 47.6 Å². The molecule has 0 heterocycles. The number of oxime groups is 1. The molecule has 0 saturated heterocycles. The Bertz CT molecular complexity index is 814. The first-order chi connectivity index (χ1) is 13.3. The normalized spacial score (nSPS) is 11.3.